The fourth-order valence-electron chi connectivity index (χ4n) is 4.81. The number of rotatable bonds is 5. The van der Waals surface area contributed by atoms with E-state index in [9.17, 15) is 4.79 Å². The normalized spacial score (nSPS) is 18.2. The molecule has 1 amide bonds. The Morgan fingerprint density at radius 2 is 1.76 bits per heavy atom. The number of methoxy groups -OCH3 is 1. The summed E-state index contributed by atoms with van der Waals surface area (Å²) < 4.78 is 5.22. The van der Waals surface area contributed by atoms with Crippen molar-refractivity contribution in [3.63, 3.8) is 0 Å². The van der Waals surface area contributed by atoms with E-state index < -0.39 is 0 Å². The van der Waals surface area contributed by atoms with E-state index in [2.05, 4.69) is 34.2 Å². The number of aliphatic imine (C=N–C) groups is 1. The van der Waals surface area contributed by atoms with Crippen molar-refractivity contribution in [1.29, 1.82) is 0 Å². The van der Waals surface area contributed by atoms with E-state index in [4.69, 9.17) is 9.73 Å². The summed E-state index contributed by atoms with van der Waals surface area (Å²) in [5, 5.41) is 3.10. The van der Waals surface area contributed by atoms with Crippen molar-refractivity contribution in [2.45, 2.75) is 51.5 Å². The summed E-state index contributed by atoms with van der Waals surface area (Å²) in [6.07, 6.45) is 7.67. The molecule has 2 aliphatic rings. The average Bonchev–Trinajstić information content (AvgIpc) is 2.89. The largest absolute Gasteiger partial charge is 0.497 e. The molecule has 0 aromatic heterocycles. The molecule has 1 heterocycles. The summed E-state index contributed by atoms with van der Waals surface area (Å²) in [6, 6.07) is 16.1. The third-order valence-corrected chi connectivity index (χ3v) is 6.84. The number of hydrogen-bond acceptors (Lipinski definition) is 4. The first-order valence-electron chi connectivity index (χ1n) is 12.3. The van der Waals surface area contributed by atoms with Crippen molar-refractivity contribution < 1.29 is 9.53 Å². The van der Waals surface area contributed by atoms with Crippen LogP contribution in [0.4, 0.5) is 5.69 Å². The average molecular weight is 449 g/mol. The molecule has 1 aliphatic heterocycles. The highest BCUT2D eigenvalue weighted by Crippen LogP contribution is 2.24. The maximum Gasteiger partial charge on any atom is 0.257 e. The van der Waals surface area contributed by atoms with Gasteiger partial charge in [0.2, 0.25) is 5.96 Å². The molecular formula is C27H36N4O2. The molecule has 0 unspecified atom stereocenters. The third-order valence-electron chi connectivity index (χ3n) is 6.84. The van der Waals surface area contributed by atoms with Crippen LogP contribution in [0.2, 0.25) is 0 Å². The molecule has 1 saturated heterocycles. The van der Waals surface area contributed by atoms with Crippen molar-refractivity contribution in [2.24, 2.45) is 4.99 Å². The Balaban J connectivity index is 1.51. The SMILES string of the molecule is CCc1cccc(N=C(NC(=O)c2ccc(OC)cc2)N2CCN(C3CCCCC3)CC2)c1. The topological polar surface area (TPSA) is 57.2 Å². The lowest BCUT2D eigenvalue weighted by Crippen LogP contribution is -2.55. The van der Waals surface area contributed by atoms with E-state index in [1.165, 1.54) is 37.7 Å². The summed E-state index contributed by atoms with van der Waals surface area (Å²) >= 11 is 0. The lowest BCUT2D eigenvalue weighted by Gasteiger charge is -2.41. The van der Waals surface area contributed by atoms with Crippen molar-refractivity contribution in [1.82, 2.24) is 15.1 Å². The fraction of sp³-hybridized carbons (Fsp3) is 0.481. The predicted octanol–water partition coefficient (Wildman–Crippen LogP) is 4.63. The van der Waals surface area contributed by atoms with Crippen molar-refractivity contribution >= 4 is 17.6 Å². The fourth-order valence-corrected chi connectivity index (χ4v) is 4.81. The van der Waals surface area contributed by atoms with Gasteiger partial charge in [-0.05, 0) is 61.2 Å². The highest BCUT2D eigenvalue weighted by molar-refractivity contribution is 6.06. The van der Waals surface area contributed by atoms with Gasteiger partial charge in [-0.1, -0.05) is 38.3 Å². The first-order chi connectivity index (χ1) is 16.2. The van der Waals surface area contributed by atoms with Gasteiger partial charge in [0.25, 0.3) is 5.91 Å². The van der Waals surface area contributed by atoms with Crippen molar-refractivity contribution in [3.05, 3.63) is 59.7 Å². The van der Waals surface area contributed by atoms with Gasteiger partial charge in [-0.3, -0.25) is 15.0 Å². The molecule has 1 saturated carbocycles. The summed E-state index contributed by atoms with van der Waals surface area (Å²) in [5.74, 6) is 1.21. The number of aryl methyl sites for hydroxylation is 1. The van der Waals surface area contributed by atoms with Crippen LogP contribution in [0, 0.1) is 0 Å². The number of carbonyl (C=O) groups is 1. The highest BCUT2D eigenvalue weighted by Gasteiger charge is 2.27. The number of hydrogen-bond donors (Lipinski definition) is 1. The number of nitrogens with zero attached hydrogens (tertiary/aromatic N) is 3. The van der Waals surface area contributed by atoms with Gasteiger partial charge in [0.05, 0.1) is 12.8 Å². The standard InChI is InChI=1S/C27H36N4O2/c1-3-21-8-7-9-23(20-21)28-27(29-26(32)22-12-14-25(33-2)15-13-22)31-18-16-30(17-19-31)24-10-5-4-6-11-24/h7-9,12-15,20,24H,3-6,10-11,16-19H2,1-2H3,(H,28,29,32). The number of carbonyl (C=O) groups excluding carboxylic acids is 1. The number of guanidine groups is 1. The number of nitrogens with one attached hydrogen (secondary N) is 1. The molecule has 2 aromatic carbocycles. The van der Waals surface area contributed by atoms with Crippen LogP contribution >= 0.6 is 0 Å². The number of benzene rings is 2. The van der Waals surface area contributed by atoms with Crippen LogP contribution in [0.15, 0.2) is 53.5 Å². The van der Waals surface area contributed by atoms with Gasteiger partial charge in [0, 0.05) is 37.8 Å². The minimum atomic E-state index is -0.155. The quantitative estimate of drug-likeness (QED) is 0.535. The van der Waals surface area contributed by atoms with Gasteiger partial charge in [0.15, 0.2) is 0 Å². The van der Waals surface area contributed by atoms with Crippen LogP contribution < -0.4 is 10.1 Å². The zero-order valence-electron chi connectivity index (χ0n) is 19.9. The molecule has 2 fully saturated rings. The molecule has 176 valence electrons. The first kappa shape index (κ1) is 23.3. The van der Waals surface area contributed by atoms with Gasteiger partial charge in [-0.2, -0.15) is 0 Å². The molecule has 4 rings (SSSR count). The summed E-state index contributed by atoms with van der Waals surface area (Å²) in [7, 11) is 1.62. The minimum Gasteiger partial charge on any atom is -0.497 e. The lowest BCUT2D eigenvalue weighted by atomic mass is 9.94. The van der Waals surface area contributed by atoms with Gasteiger partial charge in [-0.25, -0.2) is 4.99 Å². The molecule has 2 aromatic rings. The van der Waals surface area contributed by atoms with Gasteiger partial charge < -0.3 is 9.64 Å². The molecule has 0 radical (unpaired) electrons. The maximum absolute atomic E-state index is 13.1. The second kappa shape index (κ2) is 11.3. The molecule has 1 aliphatic carbocycles. The van der Waals surface area contributed by atoms with E-state index in [1.807, 2.05) is 12.1 Å². The Labute approximate surface area is 197 Å². The molecule has 0 atom stereocenters. The van der Waals surface area contributed by atoms with E-state index in [0.717, 1.165) is 50.1 Å². The Bertz CT molecular complexity index is 943. The Morgan fingerprint density at radius 1 is 1.03 bits per heavy atom. The minimum absolute atomic E-state index is 0.155. The van der Waals surface area contributed by atoms with E-state index in [-0.39, 0.29) is 5.91 Å². The number of amides is 1. The van der Waals surface area contributed by atoms with Gasteiger partial charge >= 0.3 is 0 Å². The summed E-state index contributed by atoms with van der Waals surface area (Å²) in [6.45, 7) is 5.89. The van der Waals surface area contributed by atoms with Crippen LogP contribution in [0.1, 0.15) is 54.9 Å². The summed E-state index contributed by atoms with van der Waals surface area (Å²) in [5.41, 5.74) is 2.69. The van der Waals surface area contributed by atoms with Crippen LogP contribution in [0.25, 0.3) is 0 Å². The zero-order valence-corrected chi connectivity index (χ0v) is 19.9. The van der Waals surface area contributed by atoms with Gasteiger partial charge in [-0.15, -0.1) is 0 Å². The van der Waals surface area contributed by atoms with Crippen molar-refractivity contribution in [2.75, 3.05) is 33.3 Å². The molecule has 0 spiro atoms. The zero-order chi connectivity index (χ0) is 23.0. The summed E-state index contributed by atoms with van der Waals surface area (Å²) in [4.78, 5) is 22.8. The molecule has 6 heteroatoms. The Kier molecular flexibility index (Phi) is 8.00. The Morgan fingerprint density at radius 3 is 2.42 bits per heavy atom. The smallest absolute Gasteiger partial charge is 0.257 e. The monoisotopic (exact) mass is 448 g/mol. The van der Waals surface area contributed by atoms with Crippen LogP contribution in [-0.4, -0.2) is 61.0 Å². The van der Waals surface area contributed by atoms with E-state index in [0.29, 0.717) is 11.5 Å². The highest BCUT2D eigenvalue weighted by atomic mass is 16.5. The molecular weight excluding hydrogens is 412 g/mol. The molecule has 6 nitrogen and oxygen atoms in total. The number of piperazine rings is 1. The molecule has 33 heavy (non-hydrogen) atoms. The second-order valence-electron chi connectivity index (χ2n) is 8.96. The second-order valence-corrected chi connectivity index (χ2v) is 8.96. The van der Waals surface area contributed by atoms with Crippen LogP contribution in [0.5, 0.6) is 5.75 Å². The number of ether oxygens (including phenoxy) is 1. The predicted molar refractivity (Wildman–Crippen MR) is 133 cm³/mol. The molecule has 1 N–H and O–H groups in total. The molecule has 0 bridgehead atoms. The van der Waals surface area contributed by atoms with Crippen LogP contribution in [-0.2, 0) is 6.42 Å². The first-order valence-corrected chi connectivity index (χ1v) is 12.3. The lowest BCUT2D eigenvalue weighted by molar-refractivity contribution is 0.0943. The van der Waals surface area contributed by atoms with E-state index >= 15 is 0 Å². The Hall–Kier alpha value is -2.86. The maximum atomic E-state index is 13.1. The van der Waals surface area contributed by atoms with Gasteiger partial charge in [0.1, 0.15) is 5.75 Å². The van der Waals surface area contributed by atoms with Crippen molar-refractivity contribution in [3.8, 4) is 5.75 Å². The third kappa shape index (κ3) is 6.14. The van der Waals surface area contributed by atoms with Crippen LogP contribution in [0.3, 0.4) is 0 Å². The van der Waals surface area contributed by atoms with E-state index in [1.54, 1.807) is 31.4 Å².